The van der Waals surface area contributed by atoms with Gasteiger partial charge in [-0.3, -0.25) is 0 Å². The number of aryl methyl sites for hydroxylation is 2. The van der Waals surface area contributed by atoms with Gasteiger partial charge in [0.2, 0.25) is 11.8 Å². The molecule has 0 saturated carbocycles. The summed E-state index contributed by atoms with van der Waals surface area (Å²) < 4.78 is 5.74. The van der Waals surface area contributed by atoms with E-state index in [-0.39, 0.29) is 0 Å². The molecule has 0 atom stereocenters. The normalized spacial score (nSPS) is 10.4. The van der Waals surface area contributed by atoms with Crippen LogP contribution in [0.4, 0.5) is 5.95 Å². The second-order valence-corrected chi connectivity index (χ2v) is 5.03. The average molecular weight is 292 g/mol. The largest absolute Gasteiger partial charge is 0.437 e. The van der Waals surface area contributed by atoms with E-state index in [1.54, 1.807) is 6.20 Å². The van der Waals surface area contributed by atoms with Crippen LogP contribution in [0.3, 0.4) is 0 Å². The predicted octanol–water partition coefficient (Wildman–Crippen LogP) is 4.36. The van der Waals surface area contributed by atoms with Gasteiger partial charge >= 0.3 is 0 Å². The van der Waals surface area contributed by atoms with Crippen LogP contribution < -0.4 is 10.1 Å². The van der Waals surface area contributed by atoms with E-state index in [1.807, 2.05) is 25.1 Å². The molecule has 0 aliphatic heterocycles. The van der Waals surface area contributed by atoms with Crippen LogP contribution in [0.1, 0.15) is 24.5 Å². The van der Waals surface area contributed by atoms with Crippen molar-refractivity contribution in [3.8, 4) is 11.6 Å². The first kappa shape index (κ1) is 14.6. The molecular weight excluding hydrogens is 274 g/mol. The summed E-state index contributed by atoms with van der Waals surface area (Å²) in [6.07, 6.45) is 2.54. The summed E-state index contributed by atoms with van der Waals surface area (Å²) in [7, 11) is 0. The van der Waals surface area contributed by atoms with E-state index >= 15 is 0 Å². The van der Waals surface area contributed by atoms with Gasteiger partial charge in [0.05, 0.1) is 6.20 Å². The molecule has 0 fully saturated rings. The quantitative estimate of drug-likeness (QED) is 0.889. The zero-order valence-electron chi connectivity index (χ0n) is 11.9. The highest BCUT2D eigenvalue weighted by molar-refractivity contribution is 6.31. The number of nitrogens with zero attached hydrogens (tertiary/aromatic N) is 2. The van der Waals surface area contributed by atoms with E-state index in [9.17, 15) is 0 Å². The van der Waals surface area contributed by atoms with E-state index in [4.69, 9.17) is 16.3 Å². The molecule has 1 aromatic heterocycles. The van der Waals surface area contributed by atoms with Gasteiger partial charge in [-0.1, -0.05) is 24.6 Å². The molecule has 0 unspecified atom stereocenters. The summed E-state index contributed by atoms with van der Waals surface area (Å²) in [6.45, 7) is 6.99. The van der Waals surface area contributed by atoms with Crippen LogP contribution in [0, 0.1) is 13.8 Å². The number of anilines is 1. The summed E-state index contributed by atoms with van der Waals surface area (Å²) in [5.74, 6) is 1.61. The summed E-state index contributed by atoms with van der Waals surface area (Å²) in [4.78, 5) is 8.40. The number of hydrogen-bond acceptors (Lipinski definition) is 4. The Morgan fingerprint density at radius 1 is 1.25 bits per heavy atom. The standard InChI is InChI=1S/C15H18ClN3O/c1-4-7-17-15-18-9-13(16)14(19-15)20-12-6-5-10(2)11(3)8-12/h5-6,8-9H,4,7H2,1-3H3,(H,17,18,19). The molecule has 0 spiro atoms. The van der Waals surface area contributed by atoms with Gasteiger partial charge in [0.1, 0.15) is 10.8 Å². The lowest BCUT2D eigenvalue weighted by atomic mass is 10.1. The summed E-state index contributed by atoms with van der Waals surface area (Å²) in [5.41, 5.74) is 2.38. The first-order valence-corrected chi connectivity index (χ1v) is 6.99. The van der Waals surface area contributed by atoms with Gasteiger partial charge in [-0.2, -0.15) is 4.98 Å². The highest BCUT2D eigenvalue weighted by Gasteiger charge is 2.08. The third-order valence-corrected chi connectivity index (χ3v) is 3.20. The molecule has 4 nitrogen and oxygen atoms in total. The second-order valence-electron chi connectivity index (χ2n) is 4.62. The molecule has 1 aromatic carbocycles. The lowest BCUT2D eigenvalue weighted by Gasteiger charge is -2.10. The van der Waals surface area contributed by atoms with Crippen molar-refractivity contribution in [3.63, 3.8) is 0 Å². The molecular formula is C15H18ClN3O. The topological polar surface area (TPSA) is 47.0 Å². The van der Waals surface area contributed by atoms with Gasteiger partial charge in [-0.15, -0.1) is 0 Å². The van der Waals surface area contributed by atoms with Crippen LogP contribution in [0.2, 0.25) is 5.02 Å². The molecule has 1 N–H and O–H groups in total. The van der Waals surface area contributed by atoms with E-state index in [1.165, 1.54) is 5.56 Å². The Morgan fingerprint density at radius 3 is 2.75 bits per heavy atom. The van der Waals surface area contributed by atoms with Crippen molar-refractivity contribution in [3.05, 3.63) is 40.5 Å². The fourth-order valence-electron chi connectivity index (χ4n) is 1.63. The number of halogens is 1. The maximum absolute atomic E-state index is 6.07. The van der Waals surface area contributed by atoms with Crippen molar-refractivity contribution >= 4 is 17.5 Å². The summed E-state index contributed by atoms with van der Waals surface area (Å²) in [6, 6.07) is 5.88. The van der Waals surface area contributed by atoms with Crippen LogP contribution in [-0.2, 0) is 0 Å². The van der Waals surface area contributed by atoms with E-state index in [0.717, 1.165) is 24.3 Å². The molecule has 0 saturated heterocycles. The molecule has 20 heavy (non-hydrogen) atoms. The predicted molar refractivity (Wildman–Crippen MR) is 81.8 cm³/mol. The molecule has 0 aliphatic carbocycles. The van der Waals surface area contributed by atoms with E-state index in [2.05, 4.69) is 29.1 Å². The zero-order valence-corrected chi connectivity index (χ0v) is 12.7. The minimum absolute atomic E-state index is 0.364. The van der Waals surface area contributed by atoms with Crippen molar-refractivity contribution in [2.24, 2.45) is 0 Å². The molecule has 1 heterocycles. The monoisotopic (exact) mass is 291 g/mol. The number of aromatic nitrogens is 2. The fraction of sp³-hybridized carbons (Fsp3) is 0.333. The molecule has 0 radical (unpaired) electrons. The van der Waals surface area contributed by atoms with Crippen LogP contribution in [0.15, 0.2) is 24.4 Å². The average Bonchev–Trinajstić information content (AvgIpc) is 2.44. The van der Waals surface area contributed by atoms with Crippen molar-refractivity contribution in [2.75, 3.05) is 11.9 Å². The number of hydrogen-bond donors (Lipinski definition) is 1. The van der Waals surface area contributed by atoms with E-state index in [0.29, 0.717) is 16.9 Å². The first-order chi connectivity index (χ1) is 9.60. The Balaban J connectivity index is 2.20. The molecule has 0 aliphatic rings. The molecule has 5 heteroatoms. The Bertz CT molecular complexity index is 602. The Labute approximate surface area is 124 Å². The van der Waals surface area contributed by atoms with Crippen molar-refractivity contribution in [1.82, 2.24) is 9.97 Å². The number of benzene rings is 1. The smallest absolute Gasteiger partial charge is 0.243 e. The van der Waals surface area contributed by atoms with Crippen molar-refractivity contribution in [1.29, 1.82) is 0 Å². The first-order valence-electron chi connectivity index (χ1n) is 6.61. The molecule has 0 bridgehead atoms. The number of ether oxygens (including phenoxy) is 1. The lowest BCUT2D eigenvalue weighted by Crippen LogP contribution is -2.04. The minimum Gasteiger partial charge on any atom is -0.437 e. The number of rotatable bonds is 5. The third kappa shape index (κ3) is 3.61. The molecule has 0 amide bonds. The minimum atomic E-state index is 0.364. The maximum atomic E-state index is 6.07. The lowest BCUT2D eigenvalue weighted by molar-refractivity contribution is 0.462. The summed E-state index contributed by atoms with van der Waals surface area (Å²) in [5, 5.41) is 3.50. The SMILES string of the molecule is CCCNc1ncc(Cl)c(Oc2ccc(C)c(C)c2)n1. The van der Waals surface area contributed by atoms with Crippen molar-refractivity contribution in [2.45, 2.75) is 27.2 Å². The third-order valence-electron chi connectivity index (χ3n) is 2.94. The van der Waals surface area contributed by atoms with Gasteiger partial charge < -0.3 is 10.1 Å². The number of nitrogens with one attached hydrogen (secondary N) is 1. The second kappa shape index (κ2) is 6.57. The molecule has 2 rings (SSSR count). The molecule has 106 valence electrons. The van der Waals surface area contributed by atoms with Crippen LogP contribution >= 0.6 is 11.6 Å². The molecule has 2 aromatic rings. The van der Waals surface area contributed by atoms with Crippen molar-refractivity contribution < 1.29 is 4.74 Å². The van der Waals surface area contributed by atoms with Gasteiger partial charge in [0.15, 0.2) is 0 Å². The Kier molecular flexibility index (Phi) is 4.79. The Hall–Kier alpha value is -1.81. The fourth-order valence-corrected chi connectivity index (χ4v) is 1.76. The van der Waals surface area contributed by atoms with Gasteiger partial charge in [0.25, 0.3) is 0 Å². The summed E-state index contributed by atoms with van der Waals surface area (Å²) >= 11 is 6.07. The van der Waals surface area contributed by atoms with Crippen LogP contribution in [0.5, 0.6) is 11.6 Å². The van der Waals surface area contributed by atoms with Crippen LogP contribution in [0.25, 0.3) is 0 Å². The highest BCUT2D eigenvalue weighted by Crippen LogP contribution is 2.28. The van der Waals surface area contributed by atoms with Gasteiger partial charge in [-0.25, -0.2) is 4.98 Å². The van der Waals surface area contributed by atoms with Gasteiger partial charge in [-0.05, 0) is 43.5 Å². The highest BCUT2D eigenvalue weighted by atomic mass is 35.5. The Morgan fingerprint density at radius 2 is 2.05 bits per heavy atom. The zero-order chi connectivity index (χ0) is 14.5. The van der Waals surface area contributed by atoms with Crippen LogP contribution in [-0.4, -0.2) is 16.5 Å². The van der Waals surface area contributed by atoms with Gasteiger partial charge in [0, 0.05) is 6.54 Å². The van der Waals surface area contributed by atoms with E-state index < -0.39 is 0 Å². The maximum Gasteiger partial charge on any atom is 0.243 e.